The third-order valence-electron chi connectivity index (χ3n) is 1.87. The second-order valence-electron chi connectivity index (χ2n) is 3.00. The van der Waals surface area contributed by atoms with Crippen molar-refractivity contribution in [1.29, 1.82) is 0 Å². The molecule has 1 aromatic rings. The van der Waals surface area contributed by atoms with Crippen LogP contribution in [0.15, 0.2) is 16.6 Å². The summed E-state index contributed by atoms with van der Waals surface area (Å²) in [5, 5.41) is 3.19. The monoisotopic (exact) mass is 309 g/mol. The maximum atomic E-state index is 12.9. The van der Waals surface area contributed by atoms with E-state index in [1.807, 2.05) is 0 Å². The molecule has 0 aliphatic rings. The fraction of sp³-hybridized carbons (Fsp3) is 0.300. The molecule has 0 aliphatic carbocycles. The largest absolute Gasteiger partial charge is 0.469 e. The van der Waals surface area contributed by atoms with E-state index in [9.17, 15) is 9.18 Å². The third-order valence-corrected chi connectivity index (χ3v) is 2.79. The molecule has 0 spiro atoms. The Kier molecular flexibility index (Phi) is 5.02. The number of carbonyl (C=O) groups is 1. The average Bonchev–Trinajstić information content (AvgIpc) is 2.21. The molecule has 0 atom stereocenters. The van der Waals surface area contributed by atoms with Gasteiger partial charge < -0.3 is 10.1 Å². The number of esters is 1. The Morgan fingerprint density at radius 3 is 2.88 bits per heavy atom. The Balaban J connectivity index is 2.64. The molecule has 0 heterocycles. The number of hydrogen-bond donors (Lipinski definition) is 1. The van der Waals surface area contributed by atoms with Crippen molar-refractivity contribution in [3.63, 3.8) is 0 Å². The smallest absolute Gasteiger partial charge is 0.307 e. The van der Waals surface area contributed by atoms with Gasteiger partial charge in [0.15, 0.2) is 0 Å². The number of halogens is 3. The van der Waals surface area contributed by atoms with E-state index in [-0.39, 0.29) is 17.4 Å². The van der Waals surface area contributed by atoms with E-state index >= 15 is 0 Å². The molecule has 0 aliphatic heterocycles. The average molecular weight is 311 g/mol. The molecule has 6 heteroatoms. The van der Waals surface area contributed by atoms with Crippen molar-refractivity contribution in [3.05, 3.63) is 27.4 Å². The fourth-order valence-corrected chi connectivity index (χ4v) is 2.06. The number of methoxy groups -OCH3 is 1. The summed E-state index contributed by atoms with van der Waals surface area (Å²) < 4.78 is 17.9. The van der Waals surface area contributed by atoms with Crippen LogP contribution in [-0.4, -0.2) is 19.6 Å². The van der Waals surface area contributed by atoms with Gasteiger partial charge in [-0.25, -0.2) is 4.39 Å². The van der Waals surface area contributed by atoms with Crippen LogP contribution in [0.4, 0.5) is 10.1 Å². The van der Waals surface area contributed by atoms with Crippen molar-refractivity contribution in [2.24, 2.45) is 0 Å². The first-order valence-electron chi connectivity index (χ1n) is 4.50. The van der Waals surface area contributed by atoms with Crippen LogP contribution in [0.2, 0.25) is 5.02 Å². The lowest BCUT2D eigenvalue weighted by atomic mass is 10.3. The molecule has 0 amide bonds. The van der Waals surface area contributed by atoms with Gasteiger partial charge in [-0.15, -0.1) is 0 Å². The Hall–Kier alpha value is -0.810. The lowest BCUT2D eigenvalue weighted by Gasteiger charge is -2.10. The van der Waals surface area contributed by atoms with Gasteiger partial charge >= 0.3 is 5.97 Å². The van der Waals surface area contributed by atoms with E-state index in [2.05, 4.69) is 26.0 Å². The summed E-state index contributed by atoms with van der Waals surface area (Å²) in [4.78, 5) is 10.9. The summed E-state index contributed by atoms with van der Waals surface area (Å²) in [6, 6.07) is 2.50. The van der Waals surface area contributed by atoms with E-state index in [1.165, 1.54) is 19.2 Å². The lowest BCUT2D eigenvalue weighted by Crippen LogP contribution is -2.10. The Morgan fingerprint density at radius 1 is 1.62 bits per heavy atom. The summed E-state index contributed by atoms with van der Waals surface area (Å²) in [5.41, 5.74) is 0.562. The van der Waals surface area contributed by atoms with Gasteiger partial charge in [-0.2, -0.15) is 0 Å². The van der Waals surface area contributed by atoms with Crippen LogP contribution < -0.4 is 5.32 Å². The zero-order valence-electron chi connectivity index (χ0n) is 8.52. The number of ether oxygens (including phenoxy) is 1. The van der Waals surface area contributed by atoms with E-state index in [4.69, 9.17) is 11.6 Å². The van der Waals surface area contributed by atoms with Crippen LogP contribution in [0.25, 0.3) is 0 Å². The van der Waals surface area contributed by atoms with Crippen LogP contribution in [0.1, 0.15) is 6.42 Å². The number of hydrogen-bond acceptors (Lipinski definition) is 3. The van der Waals surface area contributed by atoms with Crippen LogP contribution in [0, 0.1) is 5.82 Å². The molecule has 1 aromatic carbocycles. The fourth-order valence-electron chi connectivity index (χ4n) is 1.10. The van der Waals surface area contributed by atoms with Crippen molar-refractivity contribution in [2.45, 2.75) is 6.42 Å². The van der Waals surface area contributed by atoms with E-state index < -0.39 is 5.82 Å². The van der Waals surface area contributed by atoms with Crippen LogP contribution >= 0.6 is 27.5 Å². The van der Waals surface area contributed by atoms with Gasteiger partial charge in [0.1, 0.15) is 5.82 Å². The Morgan fingerprint density at radius 2 is 2.31 bits per heavy atom. The topological polar surface area (TPSA) is 38.3 Å². The molecular formula is C10H10BrClFNO2. The molecule has 0 unspecified atom stereocenters. The van der Waals surface area contributed by atoms with Gasteiger partial charge in [-0.1, -0.05) is 11.6 Å². The zero-order valence-corrected chi connectivity index (χ0v) is 10.9. The van der Waals surface area contributed by atoms with Crippen LogP contribution in [-0.2, 0) is 9.53 Å². The van der Waals surface area contributed by atoms with Crippen molar-refractivity contribution in [1.82, 2.24) is 0 Å². The third kappa shape index (κ3) is 3.64. The predicted molar refractivity (Wildman–Crippen MR) is 64.2 cm³/mol. The lowest BCUT2D eigenvalue weighted by molar-refractivity contribution is -0.140. The molecule has 16 heavy (non-hydrogen) atoms. The van der Waals surface area contributed by atoms with E-state index in [0.29, 0.717) is 16.7 Å². The normalized spacial score (nSPS) is 10.0. The molecular weight excluding hydrogens is 300 g/mol. The standard InChI is InChI=1S/C10H10BrClFNO2/c1-16-9(15)2-3-14-10-7(11)4-6(13)5-8(10)12/h4-5,14H,2-3H2,1H3. The summed E-state index contributed by atoms with van der Waals surface area (Å²) in [6.45, 7) is 0.372. The van der Waals surface area contributed by atoms with Crippen molar-refractivity contribution in [3.8, 4) is 0 Å². The minimum Gasteiger partial charge on any atom is -0.469 e. The van der Waals surface area contributed by atoms with Crippen molar-refractivity contribution in [2.75, 3.05) is 19.0 Å². The van der Waals surface area contributed by atoms with Crippen LogP contribution in [0.5, 0.6) is 0 Å². The number of nitrogens with one attached hydrogen (secondary N) is 1. The van der Waals surface area contributed by atoms with Gasteiger partial charge in [-0.05, 0) is 28.1 Å². The molecule has 0 saturated carbocycles. The first-order chi connectivity index (χ1) is 7.54. The van der Waals surface area contributed by atoms with Gasteiger partial charge in [0, 0.05) is 11.0 Å². The molecule has 0 fully saturated rings. The minimum atomic E-state index is -0.421. The van der Waals surface area contributed by atoms with Crippen molar-refractivity contribution < 1.29 is 13.9 Å². The second kappa shape index (κ2) is 6.06. The minimum absolute atomic E-state index is 0.219. The molecule has 0 bridgehead atoms. The van der Waals surface area contributed by atoms with E-state index in [1.54, 1.807) is 0 Å². The highest BCUT2D eigenvalue weighted by Gasteiger charge is 2.08. The number of benzene rings is 1. The van der Waals surface area contributed by atoms with E-state index in [0.717, 1.165) is 0 Å². The highest BCUT2D eigenvalue weighted by molar-refractivity contribution is 9.10. The molecule has 1 N–H and O–H groups in total. The predicted octanol–water partition coefficient (Wildman–Crippen LogP) is 3.22. The summed E-state index contributed by atoms with van der Waals surface area (Å²) in [6.07, 6.45) is 0.219. The first-order valence-corrected chi connectivity index (χ1v) is 5.67. The van der Waals surface area contributed by atoms with Gasteiger partial charge in [0.2, 0.25) is 0 Å². The van der Waals surface area contributed by atoms with Gasteiger partial charge in [0.05, 0.1) is 24.2 Å². The maximum absolute atomic E-state index is 12.9. The van der Waals surface area contributed by atoms with Gasteiger partial charge in [-0.3, -0.25) is 4.79 Å². The summed E-state index contributed by atoms with van der Waals surface area (Å²) >= 11 is 9.01. The number of anilines is 1. The highest BCUT2D eigenvalue weighted by atomic mass is 79.9. The second-order valence-corrected chi connectivity index (χ2v) is 4.26. The highest BCUT2D eigenvalue weighted by Crippen LogP contribution is 2.31. The maximum Gasteiger partial charge on any atom is 0.307 e. The quantitative estimate of drug-likeness (QED) is 0.868. The Bertz CT molecular complexity index is 377. The number of rotatable bonds is 4. The van der Waals surface area contributed by atoms with Gasteiger partial charge in [0.25, 0.3) is 0 Å². The van der Waals surface area contributed by atoms with Crippen LogP contribution in [0.3, 0.4) is 0 Å². The molecule has 0 radical (unpaired) electrons. The number of carbonyl (C=O) groups excluding carboxylic acids is 1. The zero-order chi connectivity index (χ0) is 12.1. The summed E-state index contributed by atoms with van der Waals surface area (Å²) in [7, 11) is 1.32. The molecule has 0 saturated heterocycles. The SMILES string of the molecule is COC(=O)CCNc1c(Cl)cc(F)cc1Br. The van der Waals surface area contributed by atoms with Crippen molar-refractivity contribution >= 4 is 39.2 Å². The summed E-state index contributed by atoms with van der Waals surface area (Å²) in [5.74, 6) is -0.739. The first kappa shape index (κ1) is 13.3. The molecule has 88 valence electrons. The Labute approximate surface area is 106 Å². The molecule has 0 aromatic heterocycles. The molecule has 1 rings (SSSR count). The molecule has 3 nitrogen and oxygen atoms in total.